The molecular formula is C23H25N3OS. The van der Waals surface area contributed by atoms with E-state index in [2.05, 4.69) is 34.6 Å². The molecule has 144 valence electrons. The van der Waals surface area contributed by atoms with E-state index in [0.29, 0.717) is 5.13 Å². The average Bonchev–Trinajstić information content (AvgIpc) is 3.21. The summed E-state index contributed by atoms with van der Waals surface area (Å²) < 4.78 is 0. The second-order valence-electron chi connectivity index (χ2n) is 7.48. The SMILES string of the molecule is C[C@@H](C(=O)N1CCC(c2ccccc2)(c2csc(N)n2)CC1)c1ccccc1. The van der Waals surface area contributed by atoms with Gasteiger partial charge >= 0.3 is 0 Å². The molecule has 1 aliphatic rings. The van der Waals surface area contributed by atoms with Gasteiger partial charge in [0.1, 0.15) is 0 Å². The molecule has 1 saturated heterocycles. The summed E-state index contributed by atoms with van der Waals surface area (Å²) >= 11 is 1.49. The van der Waals surface area contributed by atoms with Crippen LogP contribution in [0, 0.1) is 0 Å². The number of carbonyl (C=O) groups excluding carboxylic acids is 1. The summed E-state index contributed by atoms with van der Waals surface area (Å²) in [6.07, 6.45) is 1.71. The molecule has 4 nitrogen and oxygen atoms in total. The Balaban J connectivity index is 1.57. The van der Waals surface area contributed by atoms with Gasteiger partial charge in [-0.2, -0.15) is 0 Å². The van der Waals surface area contributed by atoms with Crippen LogP contribution < -0.4 is 5.73 Å². The zero-order chi connectivity index (χ0) is 19.6. The maximum atomic E-state index is 13.1. The molecule has 1 atom stereocenters. The van der Waals surface area contributed by atoms with E-state index in [1.165, 1.54) is 16.9 Å². The lowest BCUT2D eigenvalue weighted by Crippen LogP contribution is -2.47. The number of nitrogens with zero attached hydrogens (tertiary/aromatic N) is 2. The monoisotopic (exact) mass is 391 g/mol. The highest BCUT2D eigenvalue weighted by atomic mass is 32.1. The summed E-state index contributed by atoms with van der Waals surface area (Å²) in [6.45, 7) is 3.45. The first-order valence-electron chi connectivity index (χ1n) is 9.71. The van der Waals surface area contributed by atoms with Gasteiger partial charge in [-0.3, -0.25) is 4.79 Å². The van der Waals surface area contributed by atoms with Gasteiger partial charge in [-0.25, -0.2) is 4.98 Å². The zero-order valence-corrected chi connectivity index (χ0v) is 16.9. The topological polar surface area (TPSA) is 59.2 Å². The largest absolute Gasteiger partial charge is 0.375 e. The Morgan fingerprint density at radius 2 is 1.68 bits per heavy atom. The minimum Gasteiger partial charge on any atom is -0.375 e. The summed E-state index contributed by atoms with van der Waals surface area (Å²) in [5, 5.41) is 2.67. The average molecular weight is 392 g/mol. The molecule has 3 aromatic rings. The highest BCUT2D eigenvalue weighted by Crippen LogP contribution is 2.42. The number of carbonyl (C=O) groups is 1. The highest BCUT2D eigenvalue weighted by Gasteiger charge is 2.41. The van der Waals surface area contributed by atoms with E-state index < -0.39 is 0 Å². The summed E-state index contributed by atoms with van der Waals surface area (Å²) in [6, 6.07) is 20.5. The van der Waals surface area contributed by atoms with Gasteiger partial charge in [-0.15, -0.1) is 11.3 Å². The van der Waals surface area contributed by atoms with Crippen molar-refractivity contribution in [2.75, 3.05) is 18.8 Å². The van der Waals surface area contributed by atoms with Crippen molar-refractivity contribution < 1.29 is 4.79 Å². The first-order chi connectivity index (χ1) is 13.6. The third-order valence-electron chi connectivity index (χ3n) is 5.94. The number of thiazole rings is 1. The Morgan fingerprint density at radius 3 is 2.25 bits per heavy atom. The van der Waals surface area contributed by atoms with Crippen molar-refractivity contribution in [2.24, 2.45) is 0 Å². The third-order valence-corrected chi connectivity index (χ3v) is 6.61. The fraction of sp³-hybridized carbons (Fsp3) is 0.304. The molecule has 4 rings (SSSR count). The first kappa shape index (κ1) is 18.7. The number of nitrogens with two attached hydrogens (primary N) is 1. The maximum Gasteiger partial charge on any atom is 0.229 e. The first-order valence-corrected chi connectivity index (χ1v) is 10.6. The smallest absolute Gasteiger partial charge is 0.229 e. The van der Waals surface area contributed by atoms with E-state index in [4.69, 9.17) is 5.73 Å². The van der Waals surface area contributed by atoms with Crippen molar-refractivity contribution in [3.8, 4) is 0 Å². The molecule has 2 aromatic carbocycles. The third kappa shape index (κ3) is 3.42. The maximum absolute atomic E-state index is 13.1. The van der Waals surface area contributed by atoms with Crippen molar-refractivity contribution in [3.63, 3.8) is 0 Å². The van der Waals surface area contributed by atoms with Gasteiger partial charge in [0.15, 0.2) is 5.13 Å². The molecule has 5 heteroatoms. The Hall–Kier alpha value is -2.66. The van der Waals surface area contributed by atoms with Gasteiger partial charge in [-0.1, -0.05) is 60.7 Å². The summed E-state index contributed by atoms with van der Waals surface area (Å²) in [5.41, 5.74) is 9.12. The van der Waals surface area contributed by atoms with Gasteiger partial charge in [0.05, 0.1) is 11.6 Å². The lowest BCUT2D eigenvalue weighted by atomic mass is 9.70. The molecule has 1 aliphatic heterocycles. The number of likely N-dealkylation sites (tertiary alicyclic amines) is 1. The summed E-state index contributed by atoms with van der Waals surface area (Å²) in [5.74, 6) is 0.0750. The molecule has 0 radical (unpaired) electrons. The summed E-state index contributed by atoms with van der Waals surface area (Å²) in [4.78, 5) is 19.7. The molecule has 0 bridgehead atoms. The van der Waals surface area contributed by atoms with E-state index in [1.807, 2.05) is 48.2 Å². The second kappa shape index (κ2) is 7.76. The molecule has 2 heterocycles. The normalized spacial score (nSPS) is 17.2. The number of benzene rings is 2. The van der Waals surface area contributed by atoms with Crippen molar-refractivity contribution >= 4 is 22.4 Å². The number of hydrogen-bond acceptors (Lipinski definition) is 4. The van der Waals surface area contributed by atoms with Crippen LogP contribution in [0.4, 0.5) is 5.13 Å². The minimum atomic E-state index is -0.178. The number of hydrogen-bond donors (Lipinski definition) is 1. The lowest BCUT2D eigenvalue weighted by molar-refractivity contribution is -0.133. The van der Waals surface area contributed by atoms with Gasteiger partial charge in [0.2, 0.25) is 5.91 Å². The van der Waals surface area contributed by atoms with E-state index in [-0.39, 0.29) is 17.2 Å². The van der Waals surface area contributed by atoms with Crippen molar-refractivity contribution in [1.29, 1.82) is 0 Å². The Morgan fingerprint density at radius 1 is 1.07 bits per heavy atom. The molecule has 0 unspecified atom stereocenters. The van der Waals surface area contributed by atoms with Crippen LogP contribution in [0.15, 0.2) is 66.0 Å². The Labute approximate surface area is 170 Å². The minimum absolute atomic E-state index is 0.125. The predicted octanol–water partition coefficient (Wildman–Crippen LogP) is 4.44. The molecule has 1 amide bonds. The zero-order valence-electron chi connectivity index (χ0n) is 16.0. The van der Waals surface area contributed by atoms with E-state index in [9.17, 15) is 4.79 Å². The molecule has 0 spiro atoms. The van der Waals surface area contributed by atoms with Crippen LogP contribution in [0.3, 0.4) is 0 Å². The number of rotatable bonds is 4. The standard InChI is InChI=1S/C23H25N3OS/c1-17(18-8-4-2-5-9-18)21(27)26-14-12-23(13-15-26,19-10-6-3-7-11-19)20-16-28-22(24)25-20/h2-11,16-17H,12-15H2,1H3,(H2,24,25)/t17-/m1/s1. The lowest BCUT2D eigenvalue weighted by Gasteiger charge is -2.42. The van der Waals surface area contributed by atoms with Gasteiger partial charge in [0.25, 0.3) is 0 Å². The number of amides is 1. The van der Waals surface area contributed by atoms with Crippen LogP contribution in [-0.4, -0.2) is 28.9 Å². The number of nitrogen functional groups attached to an aromatic ring is 1. The van der Waals surface area contributed by atoms with Crippen LogP contribution in [0.5, 0.6) is 0 Å². The summed E-state index contributed by atoms with van der Waals surface area (Å²) in [7, 11) is 0. The van der Waals surface area contributed by atoms with Crippen LogP contribution in [0.1, 0.15) is 42.5 Å². The quantitative estimate of drug-likeness (QED) is 0.715. The molecule has 1 aromatic heterocycles. The number of piperidine rings is 1. The number of aromatic nitrogens is 1. The predicted molar refractivity (Wildman–Crippen MR) is 114 cm³/mol. The van der Waals surface area contributed by atoms with Crippen LogP contribution in [0.2, 0.25) is 0 Å². The van der Waals surface area contributed by atoms with Crippen molar-refractivity contribution in [1.82, 2.24) is 9.88 Å². The van der Waals surface area contributed by atoms with Crippen LogP contribution in [0.25, 0.3) is 0 Å². The Kier molecular flexibility index (Phi) is 5.18. The molecule has 0 saturated carbocycles. The van der Waals surface area contributed by atoms with Crippen molar-refractivity contribution in [2.45, 2.75) is 31.1 Å². The highest BCUT2D eigenvalue weighted by molar-refractivity contribution is 7.13. The van der Waals surface area contributed by atoms with Crippen LogP contribution in [-0.2, 0) is 10.2 Å². The van der Waals surface area contributed by atoms with E-state index in [0.717, 1.165) is 37.2 Å². The molecule has 0 aliphatic carbocycles. The molecule has 28 heavy (non-hydrogen) atoms. The fourth-order valence-corrected chi connectivity index (χ4v) is 4.89. The molecular weight excluding hydrogens is 366 g/mol. The van der Waals surface area contributed by atoms with Gasteiger partial charge in [-0.05, 0) is 30.9 Å². The van der Waals surface area contributed by atoms with Gasteiger partial charge in [0, 0.05) is 23.9 Å². The second-order valence-corrected chi connectivity index (χ2v) is 8.37. The van der Waals surface area contributed by atoms with E-state index >= 15 is 0 Å². The van der Waals surface area contributed by atoms with Crippen molar-refractivity contribution in [3.05, 3.63) is 82.9 Å². The van der Waals surface area contributed by atoms with Crippen LogP contribution >= 0.6 is 11.3 Å². The molecule has 2 N–H and O–H groups in total. The van der Waals surface area contributed by atoms with Gasteiger partial charge < -0.3 is 10.6 Å². The Bertz CT molecular complexity index is 931. The molecule has 1 fully saturated rings. The van der Waals surface area contributed by atoms with E-state index in [1.54, 1.807) is 0 Å². The number of anilines is 1. The fourth-order valence-electron chi connectivity index (χ4n) is 4.22.